The molecule has 0 radical (unpaired) electrons. The van der Waals surface area contributed by atoms with Gasteiger partial charge in [-0.05, 0) is 25.2 Å². The van der Waals surface area contributed by atoms with Gasteiger partial charge in [0, 0.05) is 0 Å². The zero-order valence-corrected chi connectivity index (χ0v) is 10.2. The van der Waals surface area contributed by atoms with Gasteiger partial charge in [-0.1, -0.05) is 51.4 Å². The van der Waals surface area contributed by atoms with Crippen LogP contribution in [0.3, 0.4) is 0 Å². The molecule has 0 unspecified atom stereocenters. The van der Waals surface area contributed by atoms with Crippen LogP contribution in [-0.2, 0) is 4.79 Å². The van der Waals surface area contributed by atoms with Gasteiger partial charge in [-0.25, -0.2) is 0 Å². The lowest BCUT2D eigenvalue weighted by atomic mass is 9.67. The Labute approximate surface area is 98.4 Å². The molecule has 2 rings (SSSR count). The molecule has 16 heavy (non-hydrogen) atoms. The quantitative estimate of drug-likeness (QED) is 0.787. The first kappa shape index (κ1) is 11.9. The van der Waals surface area contributed by atoms with Gasteiger partial charge < -0.3 is 5.11 Å². The first-order valence-electron chi connectivity index (χ1n) is 6.96. The average Bonchev–Trinajstić information content (AvgIpc) is 2.31. The number of hydrogen-bond donors (Lipinski definition) is 1. The summed E-state index contributed by atoms with van der Waals surface area (Å²) < 4.78 is 0. The molecular weight excluding hydrogens is 200 g/mol. The number of carboxylic acid groups (broad SMARTS) is 1. The third kappa shape index (κ3) is 2.58. The second-order valence-corrected chi connectivity index (χ2v) is 5.85. The summed E-state index contributed by atoms with van der Waals surface area (Å²) in [6.07, 6.45) is 12.8. The maximum Gasteiger partial charge on any atom is 0.309 e. The van der Waals surface area contributed by atoms with Crippen LogP contribution in [0, 0.1) is 11.3 Å². The largest absolute Gasteiger partial charge is 0.481 e. The van der Waals surface area contributed by atoms with E-state index in [4.69, 9.17) is 0 Å². The van der Waals surface area contributed by atoms with Crippen molar-refractivity contribution in [1.29, 1.82) is 0 Å². The molecule has 2 aliphatic rings. The van der Waals surface area contributed by atoms with E-state index in [1.54, 1.807) is 0 Å². The molecule has 2 nitrogen and oxygen atoms in total. The monoisotopic (exact) mass is 224 g/mol. The summed E-state index contributed by atoms with van der Waals surface area (Å²) in [6, 6.07) is 0. The minimum atomic E-state index is -0.516. The van der Waals surface area contributed by atoms with Gasteiger partial charge >= 0.3 is 5.97 Å². The predicted octanol–water partition coefficient (Wildman–Crippen LogP) is 3.99. The number of hydrogen-bond acceptors (Lipinski definition) is 1. The van der Waals surface area contributed by atoms with Crippen molar-refractivity contribution in [2.24, 2.45) is 11.3 Å². The van der Waals surface area contributed by atoms with E-state index in [0.29, 0.717) is 5.92 Å². The molecule has 2 aliphatic carbocycles. The zero-order chi connectivity index (χ0) is 11.4. The van der Waals surface area contributed by atoms with E-state index in [1.807, 2.05) is 0 Å². The SMILES string of the molecule is O=C(O)C1(CC2CCCCC2)CCCCC1. The number of carboxylic acids is 1. The topological polar surface area (TPSA) is 37.3 Å². The molecule has 2 fully saturated rings. The lowest BCUT2D eigenvalue weighted by molar-refractivity contribution is -0.152. The van der Waals surface area contributed by atoms with E-state index in [9.17, 15) is 9.90 Å². The summed E-state index contributed by atoms with van der Waals surface area (Å²) in [5, 5.41) is 9.52. The molecule has 0 aliphatic heterocycles. The molecule has 0 aromatic heterocycles. The van der Waals surface area contributed by atoms with Crippen LogP contribution in [0.25, 0.3) is 0 Å². The van der Waals surface area contributed by atoms with Crippen LogP contribution in [0.1, 0.15) is 70.6 Å². The molecule has 92 valence electrons. The Morgan fingerprint density at radius 2 is 1.56 bits per heavy atom. The molecule has 0 heterocycles. The molecule has 0 saturated heterocycles. The zero-order valence-electron chi connectivity index (χ0n) is 10.2. The van der Waals surface area contributed by atoms with Crippen LogP contribution in [-0.4, -0.2) is 11.1 Å². The van der Waals surface area contributed by atoms with Crippen molar-refractivity contribution in [3.8, 4) is 0 Å². The van der Waals surface area contributed by atoms with Crippen LogP contribution in [0.2, 0.25) is 0 Å². The van der Waals surface area contributed by atoms with E-state index in [-0.39, 0.29) is 5.41 Å². The predicted molar refractivity (Wildman–Crippen MR) is 64.3 cm³/mol. The summed E-state index contributed by atoms with van der Waals surface area (Å²) in [4.78, 5) is 11.6. The first-order valence-corrected chi connectivity index (χ1v) is 6.96. The highest BCUT2D eigenvalue weighted by Gasteiger charge is 2.41. The smallest absolute Gasteiger partial charge is 0.309 e. The fourth-order valence-corrected chi connectivity index (χ4v) is 3.68. The van der Waals surface area contributed by atoms with Crippen molar-refractivity contribution in [3.05, 3.63) is 0 Å². The van der Waals surface area contributed by atoms with Crippen molar-refractivity contribution >= 4 is 5.97 Å². The Kier molecular flexibility index (Phi) is 3.88. The number of rotatable bonds is 3. The van der Waals surface area contributed by atoms with Crippen molar-refractivity contribution in [2.75, 3.05) is 0 Å². The lowest BCUT2D eigenvalue weighted by Gasteiger charge is -2.37. The normalized spacial score (nSPS) is 26.5. The maximum atomic E-state index is 11.6. The van der Waals surface area contributed by atoms with Crippen molar-refractivity contribution in [2.45, 2.75) is 70.6 Å². The third-order valence-electron chi connectivity index (χ3n) is 4.67. The summed E-state index contributed by atoms with van der Waals surface area (Å²) in [6.45, 7) is 0. The fraction of sp³-hybridized carbons (Fsp3) is 0.929. The van der Waals surface area contributed by atoms with Crippen molar-refractivity contribution < 1.29 is 9.90 Å². The molecule has 0 aromatic carbocycles. The summed E-state index contributed by atoms with van der Waals surface area (Å²) in [7, 11) is 0. The highest BCUT2D eigenvalue weighted by Crippen LogP contribution is 2.44. The fourth-order valence-electron chi connectivity index (χ4n) is 3.68. The standard InChI is InChI=1S/C14H24O2/c15-13(16)14(9-5-2-6-10-14)11-12-7-3-1-4-8-12/h12H,1-11H2,(H,15,16). The van der Waals surface area contributed by atoms with Gasteiger partial charge in [0.2, 0.25) is 0 Å². The highest BCUT2D eigenvalue weighted by molar-refractivity contribution is 5.74. The average molecular weight is 224 g/mol. The van der Waals surface area contributed by atoms with Crippen LogP contribution >= 0.6 is 0 Å². The van der Waals surface area contributed by atoms with Gasteiger partial charge in [-0.2, -0.15) is 0 Å². The molecule has 0 atom stereocenters. The molecule has 0 aromatic rings. The summed E-state index contributed by atoms with van der Waals surface area (Å²) >= 11 is 0. The van der Waals surface area contributed by atoms with E-state index in [2.05, 4.69) is 0 Å². The van der Waals surface area contributed by atoms with Crippen LogP contribution < -0.4 is 0 Å². The van der Waals surface area contributed by atoms with Gasteiger partial charge in [0.1, 0.15) is 0 Å². The molecule has 2 heteroatoms. The van der Waals surface area contributed by atoms with Gasteiger partial charge in [0.05, 0.1) is 5.41 Å². The highest BCUT2D eigenvalue weighted by atomic mass is 16.4. The summed E-state index contributed by atoms with van der Waals surface area (Å²) in [5.41, 5.74) is -0.347. The van der Waals surface area contributed by atoms with Gasteiger partial charge in [-0.3, -0.25) is 4.79 Å². The minimum Gasteiger partial charge on any atom is -0.481 e. The van der Waals surface area contributed by atoms with E-state index in [1.165, 1.54) is 38.5 Å². The van der Waals surface area contributed by atoms with E-state index >= 15 is 0 Å². The van der Waals surface area contributed by atoms with E-state index in [0.717, 1.165) is 32.1 Å². The van der Waals surface area contributed by atoms with Gasteiger partial charge in [-0.15, -0.1) is 0 Å². The minimum absolute atomic E-state index is 0.347. The third-order valence-corrected chi connectivity index (χ3v) is 4.67. The van der Waals surface area contributed by atoms with Crippen molar-refractivity contribution in [1.82, 2.24) is 0 Å². The lowest BCUT2D eigenvalue weighted by Crippen LogP contribution is -2.35. The van der Waals surface area contributed by atoms with Gasteiger partial charge in [0.25, 0.3) is 0 Å². The van der Waals surface area contributed by atoms with Crippen LogP contribution in [0.15, 0.2) is 0 Å². The first-order chi connectivity index (χ1) is 7.73. The van der Waals surface area contributed by atoms with Crippen LogP contribution in [0.5, 0.6) is 0 Å². The van der Waals surface area contributed by atoms with Crippen LogP contribution in [0.4, 0.5) is 0 Å². The molecule has 0 spiro atoms. The second-order valence-electron chi connectivity index (χ2n) is 5.85. The van der Waals surface area contributed by atoms with Crippen molar-refractivity contribution in [3.63, 3.8) is 0 Å². The molecule has 1 N–H and O–H groups in total. The Morgan fingerprint density at radius 1 is 1.00 bits per heavy atom. The maximum absolute atomic E-state index is 11.6. The van der Waals surface area contributed by atoms with E-state index < -0.39 is 5.97 Å². The Balaban J connectivity index is 1.98. The Bertz CT molecular complexity index is 235. The number of carbonyl (C=O) groups is 1. The Morgan fingerprint density at radius 3 is 2.12 bits per heavy atom. The molecule has 2 saturated carbocycles. The number of aliphatic carboxylic acids is 1. The molecule has 0 amide bonds. The Hall–Kier alpha value is -0.530. The molecule has 0 bridgehead atoms. The second kappa shape index (κ2) is 5.20. The molecular formula is C14H24O2. The van der Waals surface area contributed by atoms with Gasteiger partial charge in [0.15, 0.2) is 0 Å². The summed E-state index contributed by atoms with van der Waals surface area (Å²) in [5.74, 6) is 0.181.